The van der Waals surface area contributed by atoms with E-state index in [9.17, 15) is 4.79 Å². The van der Waals surface area contributed by atoms with E-state index in [1.165, 1.54) is 11.3 Å². The Labute approximate surface area is 129 Å². The molecule has 0 fully saturated rings. The number of rotatable bonds is 2. The van der Waals surface area contributed by atoms with E-state index in [2.05, 4.69) is 10.6 Å². The molecule has 0 aromatic heterocycles. The summed E-state index contributed by atoms with van der Waals surface area (Å²) >= 11 is 5.92. The van der Waals surface area contributed by atoms with E-state index in [1.54, 1.807) is 18.2 Å². The van der Waals surface area contributed by atoms with Gasteiger partial charge in [0.1, 0.15) is 0 Å². The maximum absolute atomic E-state index is 12.3. The van der Waals surface area contributed by atoms with Crippen LogP contribution in [-0.4, -0.2) is 12.5 Å². The molecule has 0 saturated carbocycles. The number of carbonyl (C=O) groups is 1. The highest BCUT2D eigenvalue weighted by Crippen LogP contribution is 2.25. The minimum absolute atomic E-state index is 0.104. The summed E-state index contributed by atoms with van der Waals surface area (Å²) < 4.78 is 0. The number of halogens is 1. The summed E-state index contributed by atoms with van der Waals surface area (Å²) in [6.45, 7) is 2.90. The van der Waals surface area contributed by atoms with Crippen LogP contribution in [0.5, 0.6) is 0 Å². The Balaban J connectivity index is 1.81. The Morgan fingerprint density at radius 3 is 2.90 bits per heavy atom. The van der Waals surface area contributed by atoms with E-state index >= 15 is 0 Å². The van der Waals surface area contributed by atoms with Gasteiger partial charge in [-0.3, -0.25) is 4.79 Å². The summed E-state index contributed by atoms with van der Waals surface area (Å²) in [6, 6.07) is 11.3. The molecule has 3 rings (SSSR count). The van der Waals surface area contributed by atoms with Gasteiger partial charge in [0.15, 0.2) is 0 Å². The first-order valence-electron chi connectivity index (χ1n) is 7.08. The molecule has 2 aromatic carbocycles. The number of carbonyl (C=O) groups excluding carboxylic acids is 1. The maximum atomic E-state index is 12.3. The number of hydrogen-bond acceptors (Lipinski definition) is 2. The van der Waals surface area contributed by atoms with E-state index < -0.39 is 0 Å². The van der Waals surface area contributed by atoms with E-state index in [4.69, 9.17) is 11.6 Å². The Morgan fingerprint density at radius 1 is 1.24 bits per heavy atom. The van der Waals surface area contributed by atoms with Crippen molar-refractivity contribution in [3.63, 3.8) is 0 Å². The van der Waals surface area contributed by atoms with Crippen LogP contribution in [0.2, 0.25) is 5.02 Å². The summed E-state index contributed by atoms with van der Waals surface area (Å²) in [7, 11) is 0. The number of fused-ring (bicyclic) bond motifs is 1. The van der Waals surface area contributed by atoms with Gasteiger partial charge < -0.3 is 10.6 Å². The molecule has 1 aliphatic heterocycles. The van der Waals surface area contributed by atoms with Gasteiger partial charge in [0, 0.05) is 28.5 Å². The Hall–Kier alpha value is -2.00. The van der Waals surface area contributed by atoms with E-state index in [0.717, 1.165) is 30.6 Å². The zero-order valence-corrected chi connectivity index (χ0v) is 12.6. The second kappa shape index (κ2) is 5.78. The molecule has 1 aliphatic rings. The van der Waals surface area contributed by atoms with Gasteiger partial charge in [-0.2, -0.15) is 0 Å². The lowest BCUT2D eigenvalue weighted by molar-refractivity contribution is 0.102. The zero-order chi connectivity index (χ0) is 14.8. The Kier molecular flexibility index (Phi) is 3.84. The van der Waals surface area contributed by atoms with Gasteiger partial charge in [-0.25, -0.2) is 0 Å². The van der Waals surface area contributed by atoms with Gasteiger partial charge in [0.2, 0.25) is 0 Å². The lowest BCUT2D eigenvalue weighted by Gasteiger charge is -2.19. The van der Waals surface area contributed by atoms with Crippen molar-refractivity contribution in [1.29, 1.82) is 0 Å². The Morgan fingerprint density at radius 2 is 2.10 bits per heavy atom. The predicted molar refractivity (Wildman–Crippen MR) is 87.4 cm³/mol. The third-order valence-electron chi connectivity index (χ3n) is 3.73. The van der Waals surface area contributed by atoms with Gasteiger partial charge in [0.25, 0.3) is 5.91 Å². The highest BCUT2D eigenvalue weighted by atomic mass is 35.5. The lowest BCUT2D eigenvalue weighted by atomic mass is 10.0. The molecule has 0 bridgehead atoms. The van der Waals surface area contributed by atoms with Crippen molar-refractivity contribution in [2.24, 2.45) is 0 Å². The normalized spacial score (nSPS) is 13.2. The number of amides is 1. The third kappa shape index (κ3) is 3.03. The highest BCUT2D eigenvalue weighted by Gasteiger charge is 2.12. The largest absolute Gasteiger partial charge is 0.385 e. The first kappa shape index (κ1) is 14.0. The molecule has 1 amide bonds. The van der Waals surface area contributed by atoms with Crippen LogP contribution >= 0.6 is 11.6 Å². The smallest absolute Gasteiger partial charge is 0.255 e. The summed E-state index contributed by atoms with van der Waals surface area (Å²) in [5.74, 6) is -0.104. The molecule has 0 unspecified atom stereocenters. The molecule has 0 spiro atoms. The fourth-order valence-corrected chi connectivity index (χ4v) is 2.86. The fraction of sp³-hybridized carbons (Fsp3) is 0.235. The number of anilines is 2. The highest BCUT2D eigenvalue weighted by molar-refractivity contribution is 6.30. The van der Waals surface area contributed by atoms with Crippen molar-refractivity contribution in [3.8, 4) is 0 Å². The molecule has 21 heavy (non-hydrogen) atoms. The molecular weight excluding hydrogens is 284 g/mol. The van der Waals surface area contributed by atoms with E-state index in [0.29, 0.717) is 10.6 Å². The third-order valence-corrected chi connectivity index (χ3v) is 3.97. The molecule has 4 heteroatoms. The van der Waals surface area contributed by atoms with Crippen LogP contribution in [-0.2, 0) is 6.42 Å². The fourth-order valence-electron chi connectivity index (χ4n) is 2.63. The zero-order valence-electron chi connectivity index (χ0n) is 11.9. The van der Waals surface area contributed by atoms with Crippen molar-refractivity contribution >= 4 is 28.9 Å². The molecule has 108 valence electrons. The summed E-state index contributed by atoms with van der Waals surface area (Å²) in [5.41, 5.74) is 4.78. The average Bonchev–Trinajstić information content (AvgIpc) is 2.47. The molecule has 0 radical (unpaired) electrons. The van der Waals surface area contributed by atoms with Crippen molar-refractivity contribution in [3.05, 3.63) is 58.1 Å². The van der Waals surface area contributed by atoms with Gasteiger partial charge in [-0.05, 0) is 67.3 Å². The monoisotopic (exact) mass is 300 g/mol. The van der Waals surface area contributed by atoms with Crippen molar-refractivity contribution < 1.29 is 4.79 Å². The van der Waals surface area contributed by atoms with Crippen molar-refractivity contribution in [1.82, 2.24) is 0 Å². The quantitative estimate of drug-likeness (QED) is 0.870. The molecule has 2 aromatic rings. The number of hydrogen-bond donors (Lipinski definition) is 2. The second-order valence-electron chi connectivity index (χ2n) is 5.32. The SMILES string of the molecule is Cc1cc(Cl)ccc1C(=O)Nc1ccc2c(c1)CCCN2. The van der Waals surface area contributed by atoms with Crippen molar-refractivity contribution in [2.45, 2.75) is 19.8 Å². The second-order valence-corrected chi connectivity index (χ2v) is 5.75. The van der Waals surface area contributed by atoms with Crippen molar-refractivity contribution in [2.75, 3.05) is 17.2 Å². The number of nitrogens with one attached hydrogen (secondary N) is 2. The molecular formula is C17H17ClN2O. The Bertz CT molecular complexity index is 697. The standard InChI is InChI=1S/C17H17ClN2O/c1-11-9-13(18)4-6-15(11)17(21)20-14-5-7-16-12(10-14)3-2-8-19-16/h4-7,9-10,19H,2-3,8H2,1H3,(H,20,21). The van der Waals surface area contributed by atoms with Gasteiger partial charge in [0.05, 0.1) is 0 Å². The van der Waals surface area contributed by atoms with Crippen LogP contribution in [0.3, 0.4) is 0 Å². The minimum atomic E-state index is -0.104. The first-order chi connectivity index (χ1) is 10.1. The van der Waals surface area contributed by atoms with Gasteiger partial charge in [-0.15, -0.1) is 0 Å². The molecule has 0 atom stereocenters. The van der Waals surface area contributed by atoms with E-state index in [-0.39, 0.29) is 5.91 Å². The topological polar surface area (TPSA) is 41.1 Å². The molecule has 0 saturated heterocycles. The van der Waals surface area contributed by atoms with Crippen LogP contribution in [0, 0.1) is 6.92 Å². The lowest BCUT2D eigenvalue weighted by Crippen LogP contribution is -2.15. The number of benzene rings is 2. The molecule has 2 N–H and O–H groups in total. The minimum Gasteiger partial charge on any atom is -0.385 e. The predicted octanol–water partition coefficient (Wildman–Crippen LogP) is 4.26. The molecule has 3 nitrogen and oxygen atoms in total. The average molecular weight is 301 g/mol. The molecule has 1 heterocycles. The maximum Gasteiger partial charge on any atom is 0.255 e. The van der Waals surface area contributed by atoms with Crippen LogP contribution in [0.4, 0.5) is 11.4 Å². The summed E-state index contributed by atoms with van der Waals surface area (Å²) in [5, 5.41) is 6.96. The number of aryl methyl sites for hydroxylation is 2. The van der Waals surface area contributed by atoms with Gasteiger partial charge in [-0.1, -0.05) is 11.6 Å². The van der Waals surface area contributed by atoms with Crippen LogP contribution < -0.4 is 10.6 Å². The molecule has 0 aliphatic carbocycles. The van der Waals surface area contributed by atoms with Crippen LogP contribution in [0.15, 0.2) is 36.4 Å². The van der Waals surface area contributed by atoms with Crippen LogP contribution in [0.25, 0.3) is 0 Å². The van der Waals surface area contributed by atoms with E-state index in [1.807, 2.05) is 25.1 Å². The summed E-state index contributed by atoms with van der Waals surface area (Å²) in [4.78, 5) is 12.3. The van der Waals surface area contributed by atoms with Gasteiger partial charge >= 0.3 is 0 Å². The van der Waals surface area contributed by atoms with Crippen LogP contribution in [0.1, 0.15) is 27.9 Å². The summed E-state index contributed by atoms with van der Waals surface area (Å²) in [6.07, 6.45) is 2.17. The first-order valence-corrected chi connectivity index (χ1v) is 7.45.